The summed E-state index contributed by atoms with van der Waals surface area (Å²) in [6.07, 6.45) is 0.849. The highest BCUT2D eigenvalue weighted by Gasteiger charge is 2.41. The third kappa shape index (κ3) is 3.05. The standard InChI is InChI=1S/C16H11Cl2F2N3O2/c1-8-14-12(5-10(6-21-14)16(19,20)15(24)25)23(22-8)7-9-3-2-4-11(17)13(9)18/h2-6H,7H2,1H3,(H,24,25). The Morgan fingerprint density at radius 3 is 2.76 bits per heavy atom. The third-order valence-electron chi connectivity index (χ3n) is 3.74. The number of carbonyl (C=O) groups is 1. The van der Waals surface area contributed by atoms with Crippen LogP contribution in [0.3, 0.4) is 0 Å². The van der Waals surface area contributed by atoms with Gasteiger partial charge in [-0.05, 0) is 24.6 Å². The molecule has 0 atom stereocenters. The predicted octanol–water partition coefficient (Wildman–Crippen LogP) is 4.27. The van der Waals surface area contributed by atoms with Crippen molar-refractivity contribution in [2.75, 3.05) is 0 Å². The van der Waals surface area contributed by atoms with Crippen LogP contribution < -0.4 is 0 Å². The highest BCUT2D eigenvalue weighted by Crippen LogP contribution is 2.31. The molecule has 1 N–H and O–H groups in total. The molecular weight excluding hydrogens is 375 g/mol. The summed E-state index contributed by atoms with van der Waals surface area (Å²) in [6, 6.07) is 6.16. The molecule has 2 aromatic heterocycles. The normalized spacial score (nSPS) is 11.9. The Morgan fingerprint density at radius 2 is 2.08 bits per heavy atom. The van der Waals surface area contributed by atoms with E-state index in [2.05, 4.69) is 10.1 Å². The van der Waals surface area contributed by atoms with Crippen molar-refractivity contribution in [2.45, 2.75) is 19.4 Å². The van der Waals surface area contributed by atoms with Crippen LogP contribution in [0.2, 0.25) is 10.0 Å². The molecule has 130 valence electrons. The Balaban J connectivity index is 2.12. The molecule has 0 aliphatic carbocycles. The molecule has 0 spiro atoms. The molecular formula is C16H11Cl2F2N3O2. The van der Waals surface area contributed by atoms with Crippen LogP contribution in [0.5, 0.6) is 0 Å². The maximum absolute atomic E-state index is 13.8. The number of aliphatic carboxylic acids is 1. The van der Waals surface area contributed by atoms with Gasteiger partial charge in [0.05, 0.1) is 33.4 Å². The van der Waals surface area contributed by atoms with Crippen LogP contribution in [0.1, 0.15) is 16.8 Å². The predicted molar refractivity (Wildman–Crippen MR) is 89.4 cm³/mol. The molecule has 3 aromatic rings. The van der Waals surface area contributed by atoms with Gasteiger partial charge in [0.1, 0.15) is 5.52 Å². The number of alkyl halides is 2. The Kier molecular flexibility index (Phi) is 4.38. The lowest BCUT2D eigenvalue weighted by molar-refractivity contribution is -0.166. The Hall–Kier alpha value is -2.25. The van der Waals surface area contributed by atoms with Crippen molar-refractivity contribution in [1.82, 2.24) is 14.8 Å². The van der Waals surface area contributed by atoms with E-state index in [1.807, 2.05) is 0 Å². The summed E-state index contributed by atoms with van der Waals surface area (Å²) >= 11 is 12.1. The minimum absolute atomic E-state index is 0.174. The average molecular weight is 386 g/mol. The van der Waals surface area contributed by atoms with Crippen molar-refractivity contribution >= 4 is 40.2 Å². The van der Waals surface area contributed by atoms with Gasteiger partial charge >= 0.3 is 11.9 Å². The number of halogens is 4. The van der Waals surface area contributed by atoms with Gasteiger partial charge in [-0.15, -0.1) is 0 Å². The molecule has 25 heavy (non-hydrogen) atoms. The van der Waals surface area contributed by atoms with Gasteiger partial charge in [-0.1, -0.05) is 35.3 Å². The number of fused-ring (bicyclic) bond motifs is 1. The Morgan fingerprint density at radius 1 is 1.36 bits per heavy atom. The third-order valence-corrected chi connectivity index (χ3v) is 4.60. The van der Waals surface area contributed by atoms with Crippen LogP contribution >= 0.6 is 23.2 Å². The topological polar surface area (TPSA) is 68.0 Å². The smallest absolute Gasteiger partial charge is 0.379 e. The van der Waals surface area contributed by atoms with Gasteiger partial charge in [0.15, 0.2) is 0 Å². The largest absolute Gasteiger partial charge is 0.477 e. The summed E-state index contributed by atoms with van der Waals surface area (Å²) in [6.45, 7) is 1.86. The van der Waals surface area contributed by atoms with Crippen LogP contribution in [0.25, 0.3) is 11.0 Å². The fraction of sp³-hybridized carbons (Fsp3) is 0.188. The summed E-state index contributed by atoms with van der Waals surface area (Å²) in [5.41, 5.74) is 1.15. The zero-order valence-corrected chi connectivity index (χ0v) is 14.3. The van der Waals surface area contributed by atoms with Gasteiger partial charge in [-0.25, -0.2) is 4.79 Å². The lowest BCUT2D eigenvalue weighted by atomic mass is 10.1. The van der Waals surface area contributed by atoms with Gasteiger partial charge in [0.25, 0.3) is 0 Å². The second kappa shape index (κ2) is 6.24. The number of carboxylic acids is 1. The van der Waals surface area contributed by atoms with Crippen LogP contribution in [-0.4, -0.2) is 25.8 Å². The zero-order valence-electron chi connectivity index (χ0n) is 12.8. The van der Waals surface area contributed by atoms with E-state index in [0.717, 1.165) is 12.3 Å². The van der Waals surface area contributed by atoms with E-state index in [1.165, 1.54) is 4.68 Å². The molecule has 5 nitrogen and oxygen atoms in total. The number of rotatable bonds is 4. The highest BCUT2D eigenvalue weighted by atomic mass is 35.5. The summed E-state index contributed by atoms with van der Waals surface area (Å²) < 4.78 is 29.0. The highest BCUT2D eigenvalue weighted by molar-refractivity contribution is 6.42. The maximum atomic E-state index is 13.8. The molecule has 0 amide bonds. The van der Waals surface area contributed by atoms with Gasteiger partial charge < -0.3 is 5.11 Å². The molecule has 0 bridgehead atoms. The summed E-state index contributed by atoms with van der Waals surface area (Å²) in [7, 11) is 0. The quantitative estimate of drug-likeness (QED) is 0.727. The van der Waals surface area contributed by atoms with Gasteiger partial charge in [-0.2, -0.15) is 13.9 Å². The SMILES string of the molecule is Cc1nn(Cc2cccc(Cl)c2Cl)c2cc(C(F)(F)C(=O)O)cnc12. The first-order valence-electron chi connectivity index (χ1n) is 7.09. The van der Waals surface area contributed by atoms with E-state index in [4.69, 9.17) is 28.3 Å². The first kappa shape index (κ1) is 17.6. The molecule has 0 unspecified atom stereocenters. The van der Waals surface area contributed by atoms with E-state index >= 15 is 0 Å². The van der Waals surface area contributed by atoms with Crippen LogP contribution in [-0.2, 0) is 17.3 Å². The fourth-order valence-electron chi connectivity index (χ4n) is 2.46. The lowest BCUT2D eigenvalue weighted by Crippen LogP contribution is -2.25. The van der Waals surface area contributed by atoms with E-state index in [-0.39, 0.29) is 12.1 Å². The second-order valence-corrected chi connectivity index (χ2v) is 6.21. The number of aryl methyl sites for hydroxylation is 1. The van der Waals surface area contributed by atoms with Crippen LogP contribution in [0.15, 0.2) is 30.5 Å². The molecule has 2 heterocycles. The monoisotopic (exact) mass is 385 g/mol. The number of hydrogen-bond acceptors (Lipinski definition) is 3. The first-order valence-corrected chi connectivity index (χ1v) is 7.85. The molecule has 0 radical (unpaired) electrons. The molecule has 0 fully saturated rings. The van der Waals surface area contributed by atoms with E-state index < -0.39 is 17.5 Å². The van der Waals surface area contributed by atoms with Crippen molar-refractivity contribution in [2.24, 2.45) is 0 Å². The molecule has 3 rings (SSSR count). The van der Waals surface area contributed by atoms with E-state index in [9.17, 15) is 13.6 Å². The number of nitrogens with zero attached hydrogens (tertiary/aromatic N) is 3. The molecule has 0 saturated carbocycles. The number of hydrogen-bond donors (Lipinski definition) is 1. The molecule has 0 aliphatic rings. The minimum atomic E-state index is -4.04. The van der Waals surface area contributed by atoms with Gasteiger partial charge in [0.2, 0.25) is 0 Å². The number of benzene rings is 1. The van der Waals surface area contributed by atoms with Crippen molar-refractivity contribution < 1.29 is 18.7 Å². The second-order valence-electron chi connectivity index (χ2n) is 5.43. The van der Waals surface area contributed by atoms with Crippen LogP contribution in [0.4, 0.5) is 8.78 Å². The van der Waals surface area contributed by atoms with Crippen molar-refractivity contribution in [3.63, 3.8) is 0 Å². The Bertz CT molecular complexity index is 989. The molecule has 0 aliphatic heterocycles. The van der Waals surface area contributed by atoms with Crippen molar-refractivity contribution in [1.29, 1.82) is 0 Å². The number of pyridine rings is 1. The maximum Gasteiger partial charge on any atom is 0.379 e. The van der Waals surface area contributed by atoms with Gasteiger partial charge in [-0.3, -0.25) is 9.67 Å². The summed E-state index contributed by atoms with van der Waals surface area (Å²) in [4.78, 5) is 14.7. The Labute approximate surface area is 150 Å². The lowest BCUT2D eigenvalue weighted by Gasteiger charge is -2.12. The fourth-order valence-corrected chi connectivity index (χ4v) is 2.84. The minimum Gasteiger partial charge on any atom is -0.477 e. The van der Waals surface area contributed by atoms with E-state index in [0.29, 0.717) is 26.8 Å². The average Bonchev–Trinajstić information content (AvgIpc) is 2.87. The van der Waals surface area contributed by atoms with E-state index in [1.54, 1.807) is 25.1 Å². The molecule has 1 aromatic carbocycles. The summed E-state index contributed by atoms with van der Waals surface area (Å²) in [5, 5.41) is 13.7. The number of aromatic nitrogens is 3. The van der Waals surface area contributed by atoms with Crippen LogP contribution in [0, 0.1) is 6.92 Å². The van der Waals surface area contributed by atoms with Gasteiger partial charge in [0, 0.05) is 6.20 Å². The van der Waals surface area contributed by atoms with Crippen molar-refractivity contribution in [3.8, 4) is 0 Å². The molecule has 0 saturated heterocycles. The number of carboxylic acid groups (broad SMARTS) is 1. The summed E-state index contributed by atoms with van der Waals surface area (Å²) in [5.74, 6) is -6.29. The zero-order chi connectivity index (χ0) is 18.4. The van der Waals surface area contributed by atoms with Crippen molar-refractivity contribution in [3.05, 3.63) is 57.3 Å². The molecule has 9 heteroatoms. The first-order chi connectivity index (χ1) is 11.7.